The molecule has 1 heterocycles. The fourth-order valence-electron chi connectivity index (χ4n) is 4.80. The van der Waals surface area contributed by atoms with Crippen LogP contribution in [0.3, 0.4) is 0 Å². The fourth-order valence-corrected chi connectivity index (χ4v) is 6.94. The van der Waals surface area contributed by atoms with Gasteiger partial charge in [-0.25, -0.2) is 13.1 Å². The third kappa shape index (κ3) is 4.37. The molecule has 1 saturated carbocycles. The van der Waals surface area contributed by atoms with Gasteiger partial charge in [-0.2, -0.15) is 0 Å². The van der Waals surface area contributed by atoms with Crippen molar-refractivity contribution in [1.82, 2.24) is 9.29 Å². The maximum absolute atomic E-state index is 13.0. The van der Waals surface area contributed by atoms with E-state index >= 15 is 0 Å². The summed E-state index contributed by atoms with van der Waals surface area (Å²) >= 11 is 13.0. The first-order chi connectivity index (χ1) is 15.7. The number of benzene rings is 3. The molecule has 172 valence electrons. The quantitative estimate of drug-likeness (QED) is 0.280. The van der Waals surface area contributed by atoms with E-state index in [1.807, 2.05) is 24.3 Å². The topological polar surface area (TPSA) is 71.3 Å². The average molecular weight is 613 g/mol. The number of sulfonamides is 1. The molecule has 0 radical (unpaired) electrons. The second-order valence-corrected chi connectivity index (χ2v) is 12.3. The van der Waals surface area contributed by atoms with Crippen LogP contribution in [-0.2, 0) is 10.0 Å². The maximum atomic E-state index is 13.0. The molecule has 3 aromatic carbocycles. The molecule has 33 heavy (non-hydrogen) atoms. The standard InChI is InChI=1S/C24H21Br2ClN2O3S/c25-14-4-10-21-18(12-14)19-13-15(26)5-11-22(19)29(21)23-3-1-2-20(24(23)30)28-33(31,32)17-8-6-16(27)7-9-17/h4-13,20,23-24,28,30H,1-3H2/t20-,23?,24+/m1/s1. The number of fused-ring (bicyclic) bond motifs is 3. The lowest BCUT2D eigenvalue weighted by atomic mass is 9.88. The first-order valence-corrected chi connectivity index (χ1v) is 14.0. The van der Waals surface area contributed by atoms with Crippen molar-refractivity contribution in [2.45, 2.75) is 42.3 Å². The number of nitrogens with zero attached hydrogens (tertiary/aromatic N) is 1. The van der Waals surface area contributed by atoms with Gasteiger partial charge in [-0.15, -0.1) is 0 Å². The van der Waals surface area contributed by atoms with E-state index in [2.05, 4.69) is 53.3 Å². The molecular formula is C24H21Br2ClN2O3S. The lowest BCUT2D eigenvalue weighted by molar-refractivity contribution is 0.0547. The van der Waals surface area contributed by atoms with E-state index in [-0.39, 0.29) is 10.9 Å². The summed E-state index contributed by atoms with van der Waals surface area (Å²) in [6.07, 6.45) is 1.24. The Morgan fingerprint density at radius 2 is 1.48 bits per heavy atom. The fraction of sp³-hybridized carbons (Fsp3) is 0.250. The van der Waals surface area contributed by atoms with E-state index in [0.717, 1.165) is 43.6 Å². The zero-order valence-electron chi connectivity index (χ0n) is 17.4. The van der Waals surface area contributed by atoms with Gasteiger partial charge in [0.1, 0.15) is 0 Å². The van der Waals surface area contributed by atoms with E-state index in [1.165, 1.54) is 12.1 Å². The highest BCUT2D eigenvalue weighted by molar-refractivity contribution is 9.10. The highest BCUT2D eigenvalue weighted by atomic mass is 79.9. The van der Waals surface area contributed by atoms with E-state index in [4.69, 9.17) is 11.6 Å². The summed E-state index contributed by atoms with van der Waals surface area (Å²) in [5, 5.41) is 14.0. The van der Waals surface area contributed by atoms with E-state index < -0.39 is 22.2 Å². The Morgan fingerprint density at radius 1 is 0.909 bits per heavy atom. The number of hydrogen-bond acceptors (Lipinski definition) is 3. The number of aliphatic hydroxyl groups is 1. The van der Waals surface area contributed by atoms with Crippen molar-refractivity contribution >= 4 is 75.3 Å². The van der Waals surface area contributed by atoms with Crippen LogP contribution in [0.5, 0.6) is 0 Å². The number of rotatable bonds is 4. The molecule has 3 atom stereocenters. The van der Waals surface area contributed by atoms with Crippen molar-refractivity contribution in [3.05, 3.63) is 74.6 Å². The van der Waals surface area contributed by atoms with Gasteiger partial charge in [-0.1, -0.05) is 43.5 Å². The summed E-state index contributed by atoms with van der Waals surface area (Å²) in [6, 6.07) is 17.4. The van der Waals surface area contributed by atoms with Crippen LogP contribution in [0.2, 0.25) is 5.02 Å². The molecule has 5 nitrogen and oxygen atoms in total. The molecular weight excluding hydrogens is 592 g/mol. The largest absolute Gasteiger partial charge is 0.389 e. The lowest BCUT2D eigenvalue weighted by Crippen LogP contribution is -2.49. The Labute approximate surface area is 214 Å². The van der Waals surface area contributed by atoms with E-state index in [1.54, 1.807) is 12.1 Å². The minimum Gasteiger partial charge on any atom is -0.389 e. The predicted octanol–water partition coefficient (Wildman–Crippen LogP) is 6.41. The second kappa shape index (κ2) is 8.98. The number of aromatic nitrogens is 1. The minimum absolute atomic E-state index is 0.132. The molecule has 0 saturated heterocycles. The third-order valence-electron chi connectivity index (χ3n) is 6.31. The van der Waals surface area contributed by atoms with Gasteiger partial charge < -0.3 is 9.67 Å². The SMILES string of the molecule is O=S(=O)(N[C@@H]1CCCC(n2c3ccc(Br)cc3c3cc(Br)ccc32)[C@H]1O)c1ccc(Cl)cc1. The number of halogens is 3. The van der Waals surface area contributed by atoms with Gasteiger partial charge in [-0.3, -0.25) is 0 Å². The Kier molecular flexibility index (Phi) is 6.35. The lowest BCUT2D eigenvalue weighted by Gasteiger charge is -2.36. The molecule has 1 aromatic heterocycles. The molecule has 9 heteroatoms. The average Bonchev–Trinajstić information content (AvgIpc) is 3.08. The highest BCUT2D eigenvalue weighted by Gasteiger charge is 2.37. The summed E-state index contributed by atoms with van der Waals surface area (Å²) < 4.78 is 32.8. The van der Waals surface area contributed by atoms with Crippen molar-refractivity contribution in [3.8, 4) is 0 Å². The molecule has 0 aliphatic heterocycles. The second-order valence-electron chi connectivity index (χ2n) is 8.36. The Balaban J connectivity index is 1.54. The van der Waals surface area contributed by atoms with E-state index in [9.17, 15) is 13.5 Å². The van der Waals surface area contributed by atoms with E-state index in [0.29, 0.717) is 11.4 Å². The van der Waals surface area contributed by atoms with Gasteiger partial charge in [0.2, 0.25) is 10.0 Å². The van der Waals surface area contributed by atoms with Gasteiger partial charge >= 0.3 is 0 Å². The molecule has 5 rings (SSSR count). The normalized spacial score (nSPS) is 21.6. The molecule has 0 bridgehead atoms. The van der Waals surface area contributed by atoms with Crippen molar-refractivity contribution < 1.29 is 13.5 Å². The van der Waals surface area contributed by atoms with Gasteiger partial charge in [0.25, 0.3) is 0 Å². The summed E-state index contributed by atoms with van der Waals surface area (Å²) in [5.41, 5.74) is 2.02. The molecule has 1 aliphatic carbocycles. The van der Waals surface area contributed by atoms with Crippen LogP contribution < -0.4 is 4.72 Å². The van der Waals surface area contributed by atoms with Gasteiger partial charge in [0.05, 0.1) is 23.1 Å². The van der Waals surface area contributed by atoms with Crippen LogP contribution >= 0.6 is 43.5 Å². The van der Waals surface area contributed by atoms with Crippen LogP contribution in [0.1, 0.15) is 25.3 Å². The molecule has 1 fully saturated rings. The summed E-state index contributed by atoms with van der Waals surface area (Å²) in [7, 11) is -3.79. The van der Waals surface area contributed by atoms with Gasteiger partial charge in [0, 0.05) is 35.8 Å². The van der Waals surface area contributed by atoms with Crippen molar-refractivity contribution in [3.63, 3.8) is 0 Å². The van der Waals surface area contributed by atoms with Crippen molar-refractivity contribution in [1.29, 1.82) is 0 Å². The van der Waals surface area contributed by atoms with Crippen molar-refractivity contribution in [2.24, 2.45) is 0 Å². The van der Waals surface area contributed by atoms with Crippen LogP contribution in [-0.4, -0.2) is 30.2 Å². The third-order valence-corrected chi connectivity index (χ3v) is 9.05. The Hall–Kier alpha value is -1.42. The zero-order valence-corrected chi connectivity index (χ0v) is 22.1. The van der Waals surface area contributed by atoms with Crippen LogP contribution in [0.25, 0.3) is 21.8 Å². The number of hydrogen-bond donors (Lipinski definition) is 2. The molecule has 0 spiro atoms. The molecule has 4 aromatic rings. The maximum Gasteiger partial charge on any atom is 0.240 e. The van der Waals surface area contributed by atoms with Crippen LogP contribution in [0.4, 0.5) is 0 Å². The number of aliphatic hydroxyl groups excluding tert-OH is 1. The predicted molar refractivity (Wildman–Crippen MR) is 139 cm³/mol. The summed E-state index contributed by atoms with van der Waals surface area (Å²) in [6.45, 7) is 0. The molecule has 2 N–H and O–H groups in total. The summed E-state index contributed by atoms with van der Waals surface area (Å²) in [5.74, 6) is 0. The first kappa shape index (κ1) is 23.3. The van der Waals surface area contributed by atoms with Gasteiger partial charge in [0.15, 0.2) is 0 Å². The minimum atomic E-state index is -3.79. The van der Waals surface area contributed by atoms with Crippen LogP contribution in [0, 0.1) is 0 Å². The Bertz CT molecular complexity index is 1400. The monoisotopic (exact) mass is 610 g/mol. The smallest absolute Gasteiger partial charge is 0.240 e. The van der Waals surface area contributed by atoms with Crippen molar-refractivity contribution in [2.75, 3.05) is 0 Å². The van der Waals surface area contributed by atoms with Gasteiger partial charge in [-0.05, 0) is 79.9 Å². The first-order valence-electron chi connectivity index (χ1n) is 10.6. The Morgan fingerprint density at radius 3 is 2.06 bits per heavy atom. The van der Waals surface area contributed by atoms with Crippen LogP contribution in [0.15, 0.2) is 74.5 Å². The zero-order chi connectivity index (χ0) is 23.3. The summed E-state index contributed by atoms with van der Waals surface area (Å²) in [4.78, 5) is 0.132. The molecule has 1 unspecified atom stereocenters. The molecule has 0 amide bonds. The highest BCUT2D eigenvalue weighted by Crippen LogP contribution is 2.40. The number of nitrogens with one attached hydrogen (secondary N) is 1. The molecule has 1 aliphatic rings.